The molecule has 5 rings (SSSR count). The average Bonchev–Trinajstić information content (AvgIpc) is 3.11. The van der Waals surface area contributed by atoms with Crippen molar-refractivity contribution in [2.75, 3.05) is 50.7 Å². The van der Waals surface area contributed by atoms with Crippen LogP contribution in [-0.2, 0) is 11.2 Å². The first kappa shape index (κ1) is 23.5. The number of carbonyl (C=O) groups is 1. The molecule has 0 saturated carbocycles. The van der Waals surface area contributed by atoms with Crippen LogP contribution < -0.4 is 4.90 Å². The summed E-state index contributed by atoms with van der Waals surface area (Å²) in [4.78, 5) is 28.8. The number of halogens is 1. The van der Waals surface area contributed by atoms with E-state index in [-0.39, 0.29) is 23.8 Å². The maximum atomic E-state index is 13.6. The minimum absolute atomic E-state index is 0.151. The van der Waals surface area contributed by atoms with Crippen LogP contribution in [-0.4, -0.2) is 87.8 Å². The number of anilines is 1. The van der Waals surface area contributed by atoms with Gasteiger partial charge in [-0.3, -0.25) is 9.69 Å². The Morgan fingerprint density at radius 1 is 1.18 bits per heavy atom. The summed E-state index contributed by atoms with van der Waals surface area (Å²) in [5, 5.41) is 20.7. The van der Waals surface area contributed by atoms with Crippen molar-refractivity contribution < 1.29 is 15.0 Å². The number of hydrogen-bond donors (Lipinski definition) is 2. The fourth-order valence-corrected chi connectivity index (χ4v) is 5.75. The van der Waals surface area contributed by atoms with Crippen molar-refractivity contribution in [3.05, 3.63) is 52.4 Å². The normalized spacial score (nSPS) is 24.1. The Hall–Kier alpha value is -2.26. The van der Waals surface area contributed by atoms with Crippen LogP contribution in [0.5, 0.6) is 0 Å². The monoisotopic (exact) mass is 485 g/mol. The van der Waals surface area contributed by atoms with Gasteiger partial charge in [0.2, 0.25) is 5.91 Å². The maximum Gasteiger partial charge on any atom is 0.227 e. The molecule has 0 spiro atoms. The van der Waals surface area contributed by atoms with Gasteiger partial charge in [0.05, 0.1) is 23.8 Å². The SMILES string of the molecule is C[C@@H]1C[C@@H](O)c2ncnc(N3CCN(C(=O)C(Cc4cccc(Cl)c4)CN4CC(O)C4)CC3)c21. The van der Waals surface area contributed by atoms with Crippen LogP contribution in [0.15, 0.2) is 30.6 Å². The highest BCUT2D eigenvalue weighted by molar-refractivity contribution is 6.30. The van der Waals surface area contributed by atoms with E-state index in [0.29, 0.717) is 63.7 Å². The third kappa shape index (κ3) is 4.77. The fourth-order valence-electron chi connectivity index (χ4n) is 5.53. The molecular formula is C25H32ClN5O3. The molecule has 8 nitrogen and oxygen atoms in total. The molecule has 1 amide bonds. The predicted molar refractivity (Wildman–Crippen MR) is 130 cm³/mol. The van der Waals surface area contributed by atoms with E-state index in [1.165, 1.54) is 6.33 Å². The molecule has 1 aromatic carbocycles. The molecule has 34 heavy (non-hydrogen) atoms. The first-order valence-corrected chi connectivity index (χ1v) is 12.5. The number of amides is 1. The van der Waals surface area contributed by atoms with Gasteiger partial charge in [-0.25, -0.2) is 9.97 Å². The number of rotatable bonds is 6. The lowest BCUT2D eigenvalue weighted by Gasteiger charge is -2.41. The van der Waals surface area contributed by atoms with Crippen LogP contribution in [0.2, 0.25) is 5.02 Å². The third-order valence-electron chi connectivity index (χ3n) is 7.31. The zero-order valence-corrected chi connectivity index (χ0v) is 20.2. The summed E-state index contributed by atoms with van der Waals surface area (Å²) in [6, 6.07) is 7.70. The highest BCUT2D eigenvalue weighted by Gasteiger charge is 2.36. The van der Waals surface area contributed by atoms with Gasteiger partial charge in [-0.2, -0.15) is 0 Å². The van der Waals surface area contributed by atoms with Gasteiger partial charge >= 0.3 is 0 Å². The number of aliphatic hydroxyl groups excluding tert-OH is 2. The van der Waals surface area contributed by atoms with Gasteiger partial charge in [0.1, 0.15) is 12.1 Å². The lowest BCUT2D eigenvalue weighted by atomic mass is 9.95. The molecule has 1 unspecified atom stereocenters. The van der Waals surface area contributed by atoms with Crippen molar-refractivity contribution in [2.45, 2.75) is 37.9 Å². The largest absolute Gasteiger partial charge is 0.390 e. The predicted octanol–water partition coefficient (Wildman–Crippen LogP) is 1.85. The van der Waals surface area contributed by atoms with Crippen LogP contribution in [0.3, 0.4) is 0 Å². The number of benzene rings is 1. The molecule has 3 aliphatic rings. The summed E-state index contributed by atoms with van der Waals surface area (Å²) < 4.78 is 0. The summed E-state index contributed by atoms with van der Waals surface area (Å²) in [7, 11) is 0. The summed E-state index contributed by atoms with van der Waals surface area (Å²) in [6.07, 6.45) is 2.02. The Bertz CT molecular complexity index is 1040. The zero-order chi connectivity index (χ0) is 23.8. The van der Waals surface area contributed by atoms with E-state index >= 15 is 0 Å². The van der Waals surface area contributed by atoms with Crippen molar-refractivity contribution in [1.82, 2.24) is 19.8 Å². The van der Waals surface area contributed by atoms with E-state index in [1.54, 1.807) is 0 Å². The molecule has 1 aliphatic carbocycles. The van der Waals surface area contributed by atoms with Crippen molar-refractivity contribution in [3.8, 4) is 0 Å². The lowest BCUT2D eigenvalue weighted by molar-refractivity contribution is -0.137. The third-order valence-corrected chi connectivity index (χ3v) is 7.54. The molecule has 2 saturated heterocycles. The summed E-state index contributed by atoms with van der Waals surface area (Å²) >= 11 is 6.18. The van der Waals surface area contributed by atoms with Gasteiger partial charge in [0, 0.05) is 56.4 Å². The summed E-state index contributed by atoms with van der Waals surface area (Å²) in [6.45, 7) is 6.64. The molecule has 2 fully saturated rings. The van der Waals surface area contributed by atoms with Crippen LogP contribution in [0.1, 0.15) is 42.2 Å². The second kappa shape index (κ2) is 9.77. The molecule has 2 aliphatic heterocycles. The minimum atomic E-state index is -0.526. The number of piperazine rings is 1. The molecule has 3 heterocycles. The van der Waals surface area contributed by atoms with Crippen molar-refractivity contribution >= 4 is 23.3 Å². The minimum Gasteiger partial charge on any atom is -0.390 e. The molecule has 2 aromatic rings. The van der Waals surface area contributed by atoms with E-state index in [0.717, 1.165) is 22.6 Å². The number of likely N-dealkylation sites (tertiary alicyclic amines) is 1. The lowest BCUT2D eigenvalue weighted by Crippen LogP contribution is -2.56. The van der Waals surface area contributed by atoms with Gasteiger partial charge < -0.3 is 20.0 Å². The number of carbonyl (C=O) groups excluding carboxylic acids is 1. The Morgan fingerprint density at radius 3 is 2.65 bits per heavy atom. The van der Waals surface area contributed by atoms with Gasteiger partial charge in [0.25, 0.3) is 0 Å². The second-order valence-electron chi connectivity index (χ2n) is 9.86. The molecule has 0 radical (unpaired) electrons. The van der Waals surface area contributed by atoms with Gasteiger partial charge in [-0.05, 0) is 36.5 Å². The quantitative estimate of drug-likeness (QED) is 0.645. The zero-order valence-electron chi connectivity index (χ0n) is 19.5. The first-order chi connectivity index (χ1) is 16.4. The van der Waals surface area contributed by atoms with Crippen LogP contribution >= 0.6 is 11.6 Å². The Kier molecular flexibility index (Phi) is 6.75. The molecule has 9 heteroatoms. The fraction of sp³-hybridized carbons (Fsp3) is 0.560. The van der Waals surface area contributed by atoms with Crippen LogP contribution in [0, 0.1) is 5.92 Å². The molecule has 3 atom stereocenters. The number of nitrogens with zero attached hydrogens (tertiary/aromatic N) is 5. The summed E-state index contributed by atoms with van der Waals surface area (Å²) in [5.74, 6) is 1.08. The average molecular weight is 486 g/mol. The maximum absolute atomic E-state index is 13.6. The molecular weight excluding hydrogens is 454 g/mol. The van der Waals surface area contributed by atoms with Crippen molar-refractivity contribution in [2.24, 2.45) is 5.92 Å². The smallest absolute Gasteiger partial charge is 0.227 e. The molecule has 1 aromatic heterocycles. The Labute approximate surface area is 205 Å². The van der Waals surface area contributed by atoms with Gasteiger partial charge in [0.15, 0.2) is 0 Å². The second-order valence-corrected chi connectivity index (χ2v) is 10.3. The number of aliphatic hydroxyl groups is 2. The first-order valence-electron chi connectivity index (χ1n) is 12.1. The number of β-amino-alcohol motifs (C(OH)–C–C–N with tert-alkyl or cyclic N) is 1. The number of fused-ring (bicyclic) bond motifs is 1. The van der Waals surface area contributed by atoms with E-state index in [9.17, 15) is 15.0 Å². The van der Waals surface area contributed by atoms with Crippen LogP contribution in [0.4, 0.5) is 5.82 Å². The molecule has 2 N–H and O–H groups in total. The van der Waals surface area contributed by atoms with Crippen molar-refractivity contribution in [1.29, 1.82) is 0 Å². The topological polar surface area (TPSA) is 93.0 Å². The van der Waals surface area contributed by atoms with Crippen molar-refractivity contribution in [3.63, 3.8) is 0 Å². The highest BCUT2D eigenvalue weighted by atomic mass is 35.5. The van der Waals surface area contributed by atoms with E-state index in [1.807, 2.05) is 29.2 Å². The number of aromatic nitrogens is 2. The van der Waals surface area contributed by atoms with Crippen LogP contribution in [0.25, 0.3) is 0 Å². The molecule has 182 valence electrons. The number of hydrogen-bond acceptors (Lipinski definition) is 7. The Morgan fingerprint density at radius 2 is 1.94 bits per heavy atom. The Balaban J connectivity index is 1.27. The standard InChI is InChI=1S/C25H32ClN5O3/c1-16-9-21(33)23-22(16)24(28-15-27-23)30-5-7-31(8-6-30)25(34)18(12-29-13-20(32)14-29)10-17-3-2-4-19(26)11-17/h2-4,11,15-16,18,20-21,32-33H,5-10,12-14H2,1H3/t16-,18?,21-/m1/s1. The van der Waals surface area contributed by atoms with E-state index < -0.39 is 6.10 Å². The van der Waals surface area contributed by atoms with Gasteiger partial charge in [-0.1, -0.05) is 30.7 Å². The van der Waals surface area contributed by atoms with Gasteiger partial charge in [-0.15, -0.1) is 0 Å². The summed E-state index contributed by atoms with van der Waals surface area (Å²) in [5.41, 5.74) is 2.84. The highest BCUT2D eigenvalue weighted by Crippen LogP contribution is 2.42. The van der Waals surface area contributed by atoms with E-state index in [2.05, 4.69) is 26.7 Å². The van der Waals surface area contributed by atoms with E-state index in [4.69, 9.17) is 11.6 Å². The molecule has 0 bridgehead atoms.